The Kier molecular flexibility index (Phi) is 3.25. The van der Waals surface area contributed by atoms with Gasteiger partial charge >= 0.3 is 0 Å². The first-order chi connectivity index (χ1) is 9.25. The highest BCUT2D eigenvalue weighted by Crippen LogP contribution is 2.21. The summed E-state index contributed by atoms with van der Waals surface area (Å²) in [7, 11) is 1.81. The van der Waals surface area contributed by atoms with Crippen molar-refractivity contribution < 1.29 is 0 Å². The minimum atomic E-state index is 0.0331. The van der Waals surface area contributed by atoms with E-state index in [0.717, 1.165) is 36.2 Å². The molecule has 100 valence electrons. The van der Waals surface area contributed by atoms with Gasteiger partial charge in [-0.2, -0.15) is 0 Å². The third kappa shape index (κ3) is 2.36. The minimum absolute atomic E-state index is 0.0331. The van der Waals surface area contributed by atoms with E-state index < -0.39 is 0 Å². The highest BCUT2D eigenvalue weighted by atomic mass is 16.1. The molecular weight excluding hydrogens is 238 g/mol. The Hall–Kier alpha value is -1.81. The number of fused-ring (bicyclic) bond motifs is 1. The number of benzene rings is 1. The zero-order valence-corrected chi connectivity index (χ0v) is 11.1. The molecule has 1 saturated heterocycles. The van der Waals surface area contributed by atoms with Crippen LogP contribution in [-0.4, -0.2) is 24.2 Å². The van der Waals surface area contributed by atoms with E-state index in [1.165, 1.54) is 6.42 Å². The Morgan fingerprint density at radius 2 is 2.26 bits per heavy atom. The first kappa shape index (κ1) is 12.2. The summed E-state index contributed by atoms with van der Waals surface area (Å²) < 4.78 is 1.69. The Balaban J connectivity index is 1.94. The number of anilines is 1. The number of pyridine rings is 1. The van der Waals surface area contributed by atoms with E-state index in [-0.39, 0.29) is 5.56 Å². The SMILES string of the molecule is Cn1c(=O)cc(NCC2CCNC2)c2ccccc21. The lowest BCUT2D eigenvalue weighted by molar-refractivity contribution is 0.615. The number of para-hydroxylation sites is 1. The van der Waals surface area contributed by atoms with E-state index in [1.54, 1.807) is 10.6 Å². The van der Waals surface area contributed by atoms with Gasteiger partial charge in [0.15, 0.2) is 0 Å². The molecule has 0 aliphatic carbocycles. The average molecular weight is 257 g/mol. The van der Waals surface area contributed by atoms with E-state index in [0.29, 0.717) is 5.92 Å². The molecule has 3 rings (SSSR count). The van der Waals surface area contributed by atoms with E-state index in [9.17, 15) is 4.79 Å². The molecule has 0 spiro atoms. The Labute approximate surface area is 112 Å². The van der Waals surface area contributed by atoms with Crippen LogP contribution in [0.4, 0.5) is 5.69 Å². The van der Waals surface area contributed by atoms with Gasteiger partial charge in [-0.3, -0.25) is 4.79 Å². The summed E-state index contributed by atoms with van der Waals surface area (Å²) in [5.41, 5.74) is 1.96. The van der Waals surface area contributed by atoms with Gasteiger partial charge in [0.1, 0.15) is 0 Å². The summed E-state index contributed by atoms with van der Waals surface area (Å²) in [5, 5.41) is 7.91. The monoisotopic (exact) mass is 257 g/mol. The van der Waals surface area contributed by atoms with E-state index in [1.807, 2.05) is 25.2 Å². The molecule has 0 saturated carbocycles. The van der Waals surface area contributed by atoms with Crippen LogP contribution < -0.4 is 16.2 Å². The highest BCUT2D eigenvalue weighted by molar-refractivity contribution is 5.91. The standard InChI is InChI=1S/C15H19N3O/c1-18-14-5-3-2-4-12(14)13(8-15(18)19)17-10-11-6-7-16-9-11/h2-5,8,11,16-17H,6-7,9-10H2,1H3. The fourth-order valence-electron chi connectivity index (χ4n) is 2.70. The van der Waals surface area contributed by atoms with Crippen molar-refractivity contribution in [3.05, 3.63) is 40.7 Å². The van der Waals surface area contributed by atoms with Crippen molar-refractivity contribution in [2.45, 2.75) is 6.42 Å². The molecule has 4 nitrogen and oxygen atoms in total. The van der Waals surface area contributed by atoms with Gasteiger partial charge < -0.3 is 15.2 Å². The third-order valence-electron chi connectivity index (χ3n) is 3.90. The second-order valence-corrected chi connectivity index (χ2v) is 5.21. The van der Waals surface area contributed by atoms with Gasteiger partial charge in [0.25, 0.3) is 5.56 Å². The Morgan fingerprint density at radius 1 is 1.42 bits per heavy atom. The fourth-order valence-corrected chi connectivity index (χ4v) is 2.70. The zero-order chi connectivity index (χ0) is 13.2. The number of hydrogen-bond acceptors (Lipinski definition) is 3. The lowest BCUT2D eigenvalue weighted by atomic mass is 10.1. The molecule has 1 unspecified atom stereocenters. The lowest BCUT2D eigenvalue weighted by Crippen LogP contribution is -2.21. The molecule has 0 bridgehead atoms. The summed E-state index contributed by atoms with van der Waals surface area (Å²) in [6.45, 7) is 3.09. The largest absolute Gasteiger partial charge is 0.384 e. The van der Waals surface area contributed by atoms with Crippen molar-refractivity contribution in [1.29, 1.82) is 0 Å². The average Bonchev–Trinajstić information content (AvgIpc) is 2.95. The van der Waals surface area contributed by atoms with Crippen molar-refractivity contribution in [2.24, 2.45) is 13.0 Å². The number of aromatic nitrogens is 1. The first-order valence-electron chi connectivity index (χ1n) is 6.79. The van der Waals surface area contributed by atoms with Crippen LogP contribution in [0.2, 0.25) is 0 Å². The van der Waals surface area contributed by atoms with Gasteiger partial charge in [-0.25, -0.2) is 0 Å². The number of hydrogen-bond donors (Lipinski definition) is 2. The van der Waals surface area contributed by atoms with E-state index in [4.69, 9.17) is 0 Å². The van der Waals surface area contributed by atoms with Crippen LogP contribution in [-0.2, 0) is 7.05 Å². The minimum Gasteiger partial charge on any atom is -0.384 e. The molecule has 1 aromatic heterocycles. The Bertz CT molecular complexity index is 641. The second-order valence-electron chi connectivity index (χ2n) is 5.21. The van der Waals surface area contributed by atoms with Gasteiger partial charge in [-0.15, -0.1) is 0 Å². The lowest BCUT2D eigenvalue weighted by Gasteiger charge is -2.14. The van der Waals surface area contributed by atoms with Gasteiger partial charge in [0.2, 0.25) is 0 Å². The molecule has 2 aromatic rings. The molecule has 4 heteroatoms. The molecule has 1 aliphatic heterocycles. The molecule has 1 atom stereocenters. The van der Waals surface area contributed by atoms with Gasteiger partial charge in [-0.05, 0) is 31.5 Å². The van der Waals surface area contributed by atoms with Crippen LogP contribution in [0.25, 0.3) is 10.9 Å². The number of rotatable bonds is 3. The second kappa shape index (κ2) is 5.05. The first-order valence-corrected chi connectivity index (χ1v) is 6.79. The third-order valence-corrected chi connectivity index (χ3v) is 3.90. The van der Waals surface area contributed by atoms with Crippen molar-refractivity contribution in [1.82, 2.24) is 9.88 Å². The molecule has 2 N–H and O–H groups in total. The van der Waals surface area contributed by atoms with Crippen LogP contribution >= 0.6 is 0 Å². The van der Waals surface area contributed by atoms with Crippen LogP contribution in [0.15, 0.2) is 35.1 Å². The smallest absolute Gasteiger partial charge is 0.252 e. The molecule has 2 heterocycles. The van der Waals surface area contributed by atoms with Crippen molar-refractivity contribution >= 4 is 16.6 Å². The van der Waals surface area contributed by atoms with Gasteiger partial charge in [0, 0.05) is 30.7 Å². The molecule has 0 radical (unpaired) electrons. The molecule has 1 aromatic carbocycles. The maximum Gasteiger partial charge on any atom is 0.252 e. The molecule has 1 aliphatic rings. The van der Waals surface area contributed by atoms with Crippen molar-refractivity contribution in [3.63, 3.8) is 0 Å². The highest BCUT2D eigenvalue weighted by Gasteiger charge is 2.14. The van der Waals surface area contributed by atoms with Crippen LogP contribution in [0, 0.1) is 5.92 Å². The number of aryl methyl sites for hydroxylation is 1. The number of nitrogens with one attached hydrogen (secondary N) is 2. The molecular formula is C15H19N3O. The Morgan fingerprint density at radius 3 is 3.05 bits per heavy atom. The van der Waals surface area contributed by atoms with Gasteiger partial charge in [0.05, 0.1) is 5.52 Å². The molecule has 1 fully saturated rings. The quantitative estimate of drug-likeness (QED) is 0.877. The van der Waals surface area contributed by atoms with Crippen molar-refractivity contribution in [2.75, 3.05) is 25.0 Å². The maximum atomic E-state index is 12.0. The summed E-state index contributed by atoms with van der Waals surface area (Å²) in [5.74, 6) is 0.655. The zero-order valence-electron chi connectivity index (χ0n) is 11.1. The maximum absolute atomic E-state index is 12.0. The van der Waals surface area contributed by atoms with Gasteiger partial charge in [-0.1, -0.05) is 18.2 Å². The van der Waals surface area contributed by atoms with Crippen molar-refractivity contribution in [3.8, 4) is 0 Å². The van der Waals surface area contributed by atoms with Crippen LogP contribution in [0.3, 0.4) is 0 Å². The van der Waals surface area contributed by atoms with Crippen LogP contribution in [0.1, 0.15) is 6.42 Å². The predicted octanol–water partition coefficient (Wildman–Crippen LogP) is 1.56. The van der Waals surface area contributed by atoms with Crippen LogP contribution in [0.5, 0.6) is 0 Å². The topological polar surface area (TPSA) is 46.1 Å². The molecule has 0 amide bonds. The van der Waals surface area contributed by atoms with E-state index >= 15 is 0 Å². The molecule has 19 heavy (non-hydrogen) atoms. The predicted molar refractivity (Wildman–Crippen MR) is 78.7 cm³/mol. The summed E-state index contributed by atoms with van der Waals surface area (Å²) >= 11 is 0. The van der Waals surface area contributed by atoms with E-state index in [2.05, 4.69) is 16.7 Å². The fraction of sp³-hybridized carbons (Fsp3) is 0.400. The normalized spacial score (nSPS) is 18.9. The summed E-state index contributed by atoms with van der Waals surface area (Å²) in [4.78, 5) is 12.0. The summed E-state index contributed by atoms with van der Waals surface area (Å²) in [6, 6.07) is 9.72. The number of nitrogens with zero attached hydrogens (tertiary/aromatic N) is 1. The summed E-state index contributed by atoms with van der Waals surface area (Å²) in [6.07, 6.45) is 1.20.